The fraction of sp³-hybridized carbons (Fsp3) is 0.429. The van der Waals surface area contributed by atoms with Crippen LogP contribution in [0.5, 0.6) is 0 Å². The summed E-state index contributed by atoms with van der Waals surface area (Å²) in [5, 5.41) is 2.86. The van der Waals surface area contributed by atoms with Gasteiger partial charge in [0.15, 0.2) is 0 Å². The summed E-state index contributed by atoms with van der Waals surface area (Å²) in [6.45, 7) is 3.55. The van der Waals surface area contributed by atoms with Crippen LogP contribution in [0, 0.1) is 5.82 Å². The largest absolute Gasteiger partial charge is 0.340 e. The van der Waals surface area contributed by atoms with Gasteiger partial charge < -0.3 is 5.32 Å². The molecule has 21 heavy (non-hydrogen) atoms. The van der Waals surface area contributed by atoms with Gasteiger partial charge in [-0.1, -0.05) is 25.4 Å². The Kier molecular flexibility index (Phi) is 4.58. The quantitative estimate of drug-likeness (QED) is 0.879. The fourth-order valence-corrected chi connectivity index (χ4v) is 3.60. The van der Waals surface area contributed by atoms with Gasteiger partial charge >= 0.3 is 0 Å². The number of piperazine rings is 1. The van der Waals surface area contributed by atoms with Crippen LogP contribution in [-0.2, 0) is 9.59 Å². The third-order valence-corrected chi connectivity index (χ3v) is 4.69. The Bertz CT molecular complexity index is 582. The second kappa shape index (κ2) is 5.93. The predicted molar refractivity (Wildman–Crippen MR) is 82.9 cm³/mol. The molecule has 1 saturated heterocycles. The highest BCUT2D eigenvalue weighted by atomic mass is 79.9. The van der Waals surface area contributed by atoms with Crippen LogP contribution in [0.2, 0.25) is 5.02 Å². The molecule has 7 heteroatoms. The first kappa shape index (κ1) is 16.2. The molecule has 1 fully saturated rings. The maximum absolute atomic E-state index is 13.3. The lowest BCUT2D eigenvalue weighted by molar-refractivity contribution is -0.136. The molecule has 0 bridgehead atoms. The molecule has 0 aliphatic carbocycles. The molecule has 4 nitrogen and oxygen atoms in total. The molecule has 1 N–H and O–H groups in total. The van der Waals surface area contributed by atoms with Crippen molar-refractivity contribution in [1.82, 2.24) is 5.32 Å². The van der Waals surface area contributed by atoms with Gasteiger partial charge in [0.25, 0.3) is 5.91 Å². The van der Waals surface area contributed by atoms with Crippen molar-refractivity contribution in [2.75, 3.05) is 11.4 Å². The van der Waals surface area contributed by atoms with Crippen LogP contribution in [0.1, 0.15) is 26.7 Å². The first-order valence-corrected chi connectivity index (χ1v) is 7.79. The van der Waals surface area contributed by atoms with Gasteiger partial charge in [0.05, 0.1) is 10.7 Å². The van der Waals surface area contributed by atoms with Crippen molar-refractivity contribution in [2.24, 2.45) is 0 Å². The monoisotopic (exact) mass is 376 g/mol. The van der Waals surface area contributed by atoms with E-state index in [1.54, 1.807) is 0 Å². The van der Waals surface area contributed by atoms with Crippen LogP contribution >= 0.6 is 27.5 Å². The van der Waals surface area contributed by atoms with Crippen molar-refractivity contribution in [3.8, 4) is 0 Å². The third kappa shape index (κ3) is 2.79. The van der Waals surface area contributed by atoms with Crippen LogP contribution in [0.25, 0.3) is 0 Å². The fourth-order valence-electron chi connectivity index (χ4n) is 2.54. The molecular formula is C14H15BrClFN2O2. The van der Waals surface area contributed by atoms with Crippen LogP contribution in [-0.4, -0.2) is 23.9 Å². The average molecular weight is 378 g/mol. The lowest BCUT2D eigenvalue weighted by Crippen LogP contribution is -2.66. The summed E-state index contributed by atoms with van der Waals surface area (Å²) in [5.41, 5.74) is -0.615. The zero-order valence-electron chi connectivity index (χ0n) is 11.7. The van der Waals surface area contributed by atoms with Crippen LogP contribution < -0.4 is 10.2 Å². The lowest BCUT2D eigenvalue weighted by atomic mass is 9.88. The minimum Gasteiger partial charge on any atom is -0.340 e. The first-order valence-electron chi connectivity index (χ1n) is 6.62. The van der Waals surface area contributed by atoms with E-state index in [4.69, 9.17) is 11.6 Å². The Morgan fingerprint density at radius 1 is 1.38 bits per heavy atom. The van der Waals surface area contributed by atoms with Crippen molar-refractivity contribution in [3.63, 3.8) is 0 Å². The molecule has 1 aliphatic rings. The molecule has 2 amide bonds. The van der Waals surface area contributed by atoms with Crippen molar-refractivity contribution < 1.29 is 14.0 Å². The number of halogens is 3. The molecule has 2 rings (SSSR count). The van der Waals surface area contributed by atoms with Crippen LogP contribution in [0.15, 0.2) is 16.6 Å². The second-order valence-electron chi connectivity index (χ2n) is 4.95. The first-order chi connectivity index (χ1) is 9.84. The Hall–Kier alpha value is -1.14. The smallest absolute Gasteiger partial charge is 0.253 e. The average Bonchev–Trinajstić information content (AvgIpc) is 2.41. The van der Waals surface area contributed by atoms with E-state index in [0.717, 1.165) is 6.07 Å². The molecule has 114 valence electrons. The van der Waals surface area contributed by atoms with E-state index >= 15 is 0 Å². The summed E-state index contributed by atoms with van der Waals surface area (Å²) in [5.74, 6) is -1.01. The predicted octanol–water partition coefficient (Wildman–Crippen LogP) is 3.26. The highest BCUT2D eigenvalue weighted by Crippen LogP contribution is 2.37. The molecule has 1 aliphatic heterocycles. The van der Waals surface area contributed by atoms with Gasteiger partial charge in [-0.05, 0) is 40.9 Å². The van der Waals surface area contributed by atoms with Crippen molar-refractivity contribution in [1.29, 1.82) is 0 Å². The van der Waals surface area contributed by atoms with Gasteiger partial charge in [0, 0.05) is 4.47 Å². The molecule has 0 spiro atoms. The molecule has 1 aromatic rings. The Balaban J connectivity index is 2.53. The molecule has 0 atom stereocenters. The minimum absolute atomic E-state index is 0.0889. The zero-order chi connectivity index (χ0) is 15.8. The normalized spacial score (nSPS) is 17.9. The van der Waals surface area contributed by atoms with Gasteiger partial charge in [-0.3, -0.25) is 14.5 Å². The molecule has 0 radical (unpaired) electrons. The van der Waals surface area contributed by atoms with Crippen molar-refractivity contribution >= 4 is 45.0 Å². The third-order valence-electron chi connectivity index (χ3n) is 3.79. The number of amides is 2. The van der Waals surface area contributed by atoms with Crippen LogP contribution in [0.4, 0.5) is 10.1 Å². The van der Waals surface area contributed by atoms with Gasteiger partial charge in [-0.15, -0.1) is 0 Å². The molecule has 1 heterocycles. The zero-order valence-corrected chi connectivity index (χ0v) is 14.0. The van der Waals surface area contributed by atoms with Crippen molar-refractivity contribution in [3.05, 3.63) is 27.4 Å². The molecular weight excluding hydrogens is 363 g/mol. The maximum atomic E-state index is 13.3. The summed E-state index contributed by atoms with van der Waals surface area (Å²) < 4.78 is 13.7. The van der Waals surface area contributed by atoms with E-state index in [-0.39, 0.29) is 23.4 Å². The number of nitrogens with one attached hydrogen (secondary N) is 1. The highest BCUT2D eigenvalue weighted by Gasteiger charge is 2.45. The molecule has 0 saturated carbocycles. The number of hydrogen-bond donors (Lipinski definition) is 1. The van der Waals surface area contributed by atoms with Crippen molar-refractivity contribution in [2.45, 2.75) is 32.2 Å². The summed E-state index contributed by atoms with van der Waals surface area (Å²) in [6, 6.07) is 2.35. The summed E-state index contributed by atoms with van der Waals surface area (Å²) in [7, 11) is 0. The minimum atomic E-state index is -0.938. The number of benzene rings is 1. The standard InChI is InChI=1S/C14H15BrClFN2O2/c1-3-14(4-2)13(21)19(7-11(20)18-14)12-9(15)5-8(17)6-10(12)16/h5-6H,3-4,7H2,1-2H3,(H,18,20). The Morgan fingerprint density at radius 2 is 2.00 bits per heavy atom. The number of carbonyl (C=O) groups excluding carboxylic acids is 2. The van der Waals surface area contributed by atoms with Gasteiger partial charge in [0.2, 0.25) is 5.91 Å². The Morgan fingerprint density at radius 3 is 2.52 bits per heavy atom. The molecule has 1 aromatic carbocycles. The number of rotatable bonds is 3. The maximum Gasteiger partial charge on any atom is 0.253 e. The number of nitrogens with zero attached hydrogens (tertiary/aromatic N) is 1. The van der Waals surface area contributed by atoms with E-state index in [1.807, 2.05) is 13.8 Å². The van der Waals surface area contributed by atoms with E-state index in [2.05, 4.69) is 21.2 Å². The van der Waals surface area contributed by atoms with Gasteiger partial charge in [-0.25, -0.2) is 4.39 Å². The van der Waals surface area contributed by atoms with E-state index < -0.39 is 11.4 Å². The van der Waals surface area contributed by atoms with Gasteiger partial charge in [-0.2, -0.15) is 0 Å². The number of anilines is 1. The summed E-state index contributed by atoms with van der Waals surface area (Å²) in [6.07, 6.45) is 0.946. The second-order valence-corrected chi connectivity index (χ2v) is 6.21. The highest BCUT2D eigenvalue weighted by molar-refractivity contribution is 9.10. The van der Waals surface area contributed by atoms with Gasteiger partial charge in [0.1, 0.15) is 17.9 Å². The number of hydrogen-bond acceptors (Lipinski definition) is 2. The lowest BCUT2D eigenvalue weighted by Gasteiger charge is -2.41. The summed E-state index contributed by atoms with van der Waals surface area (Å²) in [4.78, 5) is 26.1. The molecule has 0 unspecified atom stereocenters. The SMILES string of the molecule is CCC1(CC)NC(=O)CN(c2c(Cl)cc(F)cc2Br)C1=O. The number of carbonyl (C=O) groups is 2. The topological polar surface area (TPSA) is 49.4 Å². The molecule has 0 aromatic heterocycles. The van der Waals surface area contributed by atoms with Crippen LogP contribution in [0.3, 0.4) is 0 Å². The Labute approximate surface area is 135 Å². The van der Waals surface area contributed by atoms with E-state index in [0.29, 0.717) is 23.0 Å². The summed E-state index contributed by atoms with van der Waals surface area (Å²) >= 11 is 9.28. The van der Waals surface area contributed by atoms with E-state index in [1.165, 1.54) is 11.0 Å². The van der Waals surface area contributed by atoms with E-state index in [9.17, 15) is 14.0 Å².